The van der Waals surface area contributed by atoms with E-state index >= 15 is 0 Å². The Morgan fingerprint density at radius 1 is 1.54 bits per heavy atom. The summed E-state index contributed by atoms with van der Waals surface area (Å²) in [4.78, 5) is 18.3. The van der Waals surface area contributed by atoms with Crippen molar-refractivity contribution in [3.8, 4) is 5.88 Å². The molecule has 0 radical (unpaired) electrons. The third kappa shape index (κ3) is 2.70. The van der Waals surface area contributed by atoms with Crippen LogP contribution in [0.5, 0.6) is 5.88 Å². The number of aromatic nitrogens is 2. The number of amides is 1. The van der Waals surface area contributed by atoms with E-state index in [-0.39, 0.29) is 11.8 Å². The fourth-order valence-corrected chi connectivity index (χ4v) is 0.765. The first-order chi connectivity index (χ1) is 6.09. The minimum absolute atomic E-state index is 0.00238. The molecule has 0 bridgehead atoms. The Morgan fingerprint density at radius 3 is 2.77 bits per heavy atom. The van der Waals surface area contributed by atoms with Crippen LogP contribution in [0.2, 0.25) is 0 Å². The molecule has 0 aliphatic heterocycles. The third-order valence-electron chi connectivity index (χ3n) is 1.22. The molecule has 5 heteroatoms. The zero-order chi connectivity index (χ0) is 9.84. The first-order valence-electron chi connectivity index (χ1n) is 3.88. The molecule has 0 saturated heterocycles. The second-order valence-corrected chi connectivity index (χ2v) is 2.77. The molecule has 1 rings (SSSR count). The molecule has 0 spiro atoms. The lowest BCUT2D eigenvalue weighted by Crippen LogP contribution is -2.15. The van der Waals surface area contributed by atoms with Gasteiger partial charge in [0.25, 0.3) is 5.91 Å². The molecule has 5 nitrogen and oxygen atoms in total. The number of carbonyl (C=O) groups is 1. The quantitative estimate of drug-likeness (QED) is 0.730. The molecule has 0 saturated carbocycles. The molecule has 1 aromatic heterocycles. The van der Waals surface area contributed by atoms with Crippen LogP contribution in [0.25, 0.3) is 0 Å². The van der Waals surface area contributed by atoms with Crippen LogP contribution in [-0.2, 0) is 0 Å². The maximum Gasteiger partial charge on any atom is 0.269 e. The zero-order valence-electron chi connectivity index (χ0n) is 7.52. The maximum absolute atomic E-state index is 10.7. The van der Waals surface area contributed by atoms with Crippen molar-refractivity contribution in [1.29, 1.82) is 0 Å². The predicted molar refractivity (Wildman–Crippen MR) is 46.3 cm³/mol. The van der Waals surface area contributed by atoms with Gasteiger partial charge >= 0.3 is 0 Å². The standard InChI is InChI=1S/C8H11N3O2/c1-5(2)13-7-4-10-3-6(11-7)8(9)12/h3-5H,1-2H3,(H2,9,12). The van der Waals surface area contributed by atoms with E-state index in [1.165, 1.54) is 12.4 Å². The lowest BCUT2D eigenvalue weighted by atomic mass is 10.4. The largest absolute Gasteiger partial charge is 0.474 e. The average molecular weight is 181 g/mol. The Hall–Kier alpha value is -1.65. The fraction of sp³-hybridized carbons (Fsp3) is 0.375. The Kier molecular flexibility index (Phi) is 2.79. The van der Waals surface area contributed by atoms with Gasteiger partial charge in [0, 0.05) is 0 Å². The van der Waals surface area contributed by atoms with E-state index in [1.807, 2.05) is 13.8 Å². The highest BCUT2D eigenvalue weighted by Gasteiger charge is 2.05. The molecule has 0 aliphatic carbocycles. The van der Waals surface area contributed by atoms with Crippen molar-refractivity contribution in [1.82, 2.24) is 9.97 Å². The lowest BCUT2D eigenvalue weighted by molar-refractivity contribution is 0.0993. The Morgan fingerprint density at radius 2 is 2.23 bits per heavy atom. The normalized spacial score (nSPS) is 10.1. The van der Waals surface area contributed by atoms with Gasteiger partial charge in [0.1, 0.15) is 5.69 Å². The summed E-state index contributed by atoms with van der Waals surface area (Å²) in [6.45, 7) is 3.72. The van der Waals surface area contributed by atoms with E-state index in [4.69, 9.17) is 10.5 Å². The van der Waals surface area contributed by atoms with Crippen LogP contribution in [0.3, 0.4) is 0 Å². The number of rotatable bonds is 3. The maximum atomic E-state index is 10.7. The Bertz CT molecular complexity index is 312. The lowest BCUT2D eigenvalue weighted by Gasteiger charge is -2.07. The van der Waals surface area contributed by atoms with Gasteiger partial charge in [-0.3, -0.25) is 9.78 Å². The molecule has 0 fully saturated rings. The summed E-state index contributed by atoms with van der Waals surface area (Å²) in [5, 5.41) is 0. The van der Waals surface area contributed by atoms with E-state index < -0.39 is 5.91 Å². The van der Waals surface area contributed by atoms with Crippen LogP contribution in [0, 0.1) is 0 Å². The van der Waals surface area contributed by atoms with Crippen molar-refractivity contribution < 1.29 is 9.53 Å². The summed E-state index contributed by atoms with van der Waals surface area (Å²) in [7, 11) is 0. The van der Waals surface area contributed by atoms with Gasteiger partial charge in [-0.2, -0.15) is 0 Å². The van der Waals surface area contributed by atoms with Crippen LogP contribution in [0.4, 0.5) is 0 Å². The van der Waals surface area contributed by atoms with Gasteiger partial charge in [0.2, 0.25) is 5.88 Å². The van der Waals surface area contributed by atoms with E-state index in [0.717, 1.165) is 0 Å². The molecule has 0 atom stereocenters. The second-order valence-electron chi connectivity index (χ2n) is 2.77. The molecular formula is C8H11N3O2. The number of carbonyl (C=O) groups excluding carboxylic acids is 1. The number of nitrogens with two attached hydrogens (primary N) is 1. The van der Waals surface area contributed by atoms with E-state index in [9.17, 15) is 4.79 Å². The van der Waals surface area contributed by atoms with Gasteiger partial charge < -0.3 is 10.5 Å². The molecule has 2 N–H and O–H groups in total. The number of ether oxygens (including phenoxy) is 1. The summed E-state index contributed by atoms with van der Waals surface area (Å²) in [5.74, 6) is -0.298. The minimum atomic E-state index is -0.610. The smallest absolute Gasteiger partial charge is 0.269 e. The summed E-state index contributed by atoms with van der Waals surface area (Å²) >= 11 is 0. The van der Waals surface area contributed by atoms with Crippen molar-refractivity contribution >= 4 is 5.91 Å². The highest BCUT2D eigenvalue weighted by atomic mass is 16.5. The Balaban J connectivity index is 2.85. The summed E-state index contributed by atoms with van der Waals surface area (Å²) in [6.07, 6.45) is 2.74. The number of hydrogen-bond acceptors (Lipinski definition) is 4. The summed E-state index contributed by atoms with van der Waals surface area (Å²) < 4.78 is 5.22. The number of nitrogens with zero attached hydrogens (tertiary/aromatic N) is 2. The fourth-order valence-electron chi connectivity index (χ4n) is 0.765. The van der Waals surface area contributed by atoms with Crippen molar-refractivity contribution in [2.75, 3.05) is 0 Å². The third-order valence-corrected chi connectivity index (χ3v) is 1.22. The van der Waals surface area contributed by atoms with Gasteiger partial charge in [0.05, 0.1) is 18.5 Å². The molecule has 13 heavy (non-hydrogen) atoms. The van der Waals surface area contributed by atoms with Gasteiger partial charge in [-0.1, -0.05) is 0 Å². The number of primary amides is 1. The van der Waals surface area contributed by atoms with E-state index in [1.54, 1.807) is 0 Å². The minimum Gasteiger partial charge on any atom is -0.474 e. The summed E-state index contributed by atoms with van der Waals surface area (Å²) in [6, 6.07) is 0. The van der Waals surface area contributed by atoms with Crippen LogP contribution >= 0.6 is 0 Å². The topological polar surface area (TPSA) is 78.1 Å². The number of hydrogen-bond donors (Lipinski definition) is 1. The first-order valence-corrected chi connectivity index (χ1v) is 3.88. The molecule has 1 aromatic rings. The monoisotopic (exact) mass is 181 g/mol. The Labute approximate surface area is 75.9 Å². The molecular weight excluding hydrogens is 170 g/mol. The van der Waals surface area contributed by atoms with Gasteiger partial charge in [-0.15, -0.1) is 0 Å². The van der Waals surface area contributed by atoms with Gasteiger partial charge in [0.15, 0.2) is 0 Å². The van der Waals surface area contributed by atoms with Crippen LogP contribution in [0.15, 0.2) is 12.4 Å². The van der Waals surface area contributed by atoms with Crippen molar-refractivity contribution in [2.45, 2.75) is 20.0 Å². The van der Waals surface area contributed by atoms with Crippen molar-refractivity contribution in [2.24, 2.45) is 5.73 Å². The zero-order valence-corrected chi connectivity index (χ0v) is 7.52. The average Bonchev–Trinajstić information content (AvgIpc) is 2.03. The second kappa shape index (κ2) is 3.84. The van der Waals surface area contributed by atoms with Gasteiger partial charge in [-0.05, 0) is 13.8 Å². The van der Waals surface area contributed by atoms with Crippen LogP contribution in [-0.4, -0.2) is 22.0 Å². The molecule has 0 aliphatic rings. The first kappa shape index (κ1) is 9.44. The molecule has 0 unspecified atom stereocenters. The SMILES string of the molecule is CC(C)Oc1cncc(C(N)=O)n1. The van der Waals surface area contributed by atoms with Gasteiger partial charge in [-0.25, -0.2) is 4.98 Å². The molecule has 1 amide bonds. The highest BCUT2D eigenvalue weighted by Crippen LogP contribution is 2.06. The van der Waals surface area contributed by atoms with E-state index in [0.29, 0.717) is 5.88 Å². The predicted octanol–water partition coefficient (Wildman–Crippen LogP) is 0.363. The molecule has 70 valence electrons. The van der Waals surface area contributed by atoms with Crippen LogP contribution in [0.1, 0.15) is 24.3 Å². The summed E-state index contributed by atoms with van der Waals surface area (Å²) in [5.41, 5.74) is 5.13. The molecule has 1 heterocycles. The van der Waals surface area contributed by atoms with Crippen molar-refractivity contribution in [3.63, 3.8) is 0 Å². The highest BCUT2D eigenvalue weighted by molar-refractivity contribution is 5.90. The van der Waals surface area contributed by atoms with Crippen molar-refractivity contribution in [3.05, 3.63) is 18.1 Å². The van der Waals surface area contributed by atoms with E-state index in [2.05, 4.69) is 9.97 Å². The van der Waals surface area contributed by atoms with Crippen LogP contribution < -0.4 is 10.5 Å². The molecule has 0 aromatic carbocycles.